The molecule has 0 unspecified atom stereocenters. The molecule has 1 aromatic carbocycles. The van der Waals surface area contributed by atoms with Gasteiger partial charge in [-0.15, -0.1) is 23.1 Å². The lowest BCUT2D eigenvalue weighted by atomic mass is 10.0. The minimum Gasteiger partial charge on any atom is -0.476 e. The van der Waals surface area contributed by atoms with Gasteiger partial charge in [0.05, 0.1) is 12.5 Å². The number of hydrogen-bond donors (Lipinski definition) is 2. The van der Waals surface area contributed by atoms with E-state index in [-0.39, 0.29) is 24.1 Å². The summed E-state index contributed by atoms with van der Waals surface area (Å²) in [5, 5.41) is 13.7. The summed E-state index contributed by atoms with van der Waals surface area (Å²) in [5.74, 6) is -0.502. The molecule has 1 amide bonds. The molecular formula is C14H12N2O3S2. The molecule has 1 aromatic heterocycles. The molecule has 0 spiro atoms. The molecule has 108 valence electrons. The summed E-state index contributed by atoms with van der Waals surface area (Å²) in [6.07, 6.45) is 0. The van der Waals surface area contributed by atoms with Crippen LogP contribution < -0.4 is 5.32 Å². The van der Waals surface area contributed by atoms with Crippen molar-refractivity contribution < 1.29 is 14.7 Å². The van der Waals surface area contributed by atoms with Crippen LogP contribution in [0.15, 0.2) is 34.5 Å². The van der Waals surface area contributed by atoms with E-state index < -0.39 is 5.97 Å². The monoisotopic (exact) mass is 320 g/mol. The van der Waals surface area contributed by atoms with Crippen LogP contribution in [0.4, 0.5) is 0 Å². The summed E-state index contributed by atoms with van der Waals surface area (Å²) in [5.41, 5.74) is 1.08. The van der Waals surface area contributed by atoms with E-state index in [9.17, 15) is 9.59 Å². The fourth-order valence-corrected chi connectivity index (χ4v) is 4.09. The molecule has 1 atom stereocenters. The molecule has 0 saturated carbocycles. The van der Waals surface area contributed by atoms with E-state index in [4.69, 9.17) is 5.11 Å². The lowest BCUT2D eigenvalue weighted by Gasteiger charge is -2.10. The van der Waals surface area contributed by atoms with Crippen molar-refractivity contribution in [2.24, 2.45) is 0 Å². The third kappa shape index (κ3) is 2.93. The Morgan fingerprint density at radius 2 is 2.19 bits per heavy atom. The predicted molar refractivity (Wildman–Crippen MR) is 80.8 cm³/mol. The zero-order chi connectivity index (χ0) is 14.8. The van der Waals surface area contributed by atoms with Crippen molar-refractivity contribution >= 4 is 35.0 Å². The number of carbonyl (C=O) groups excluding carboxylic acids is 1. The number of hydrogen-bond acceptors (Lipinski definition) is 5. The second-order valence-electron chi connectivity index (χ2n) is 4.55. The standard InChI is InChI=1S/C14H12N2O3S2/c17-13(9-6-20-11-4-2-1-3-8(9)11)15-5-12-16-10(7-21-12)14(18)19/h1-4,7,9H,5-6H2,(H,15,17)(H,18,19)/t9-/m0/s1. The highest BCUT2D eigenvalue weighted by molar-refractivity contribution is 7.99. The van der Waals surface area contributed by atoms with Crippen LogP contribution in [-0.4, -0.2) is 27.7 Å². The van der Waals surface area contributed by atoms with Crippen LogP contribution in [0.25, 0.3) is 0 Å². The number of amides is 1. The molecule has 2 aromatic rings. The molecule has 2 heterocycles. The lowest BCUT2D eigenvalue weighted by Crippen LogP contribution is -2.29. The molecule has 1 aliphatic heterocycles. The normalized spacial score (nSPS) is 16.5. The maximum atomic E-state index is 12.3. The van der Waals surface area contributed by atoms with Gasteiger partial charge in [-0.3, -0.25) is 4.79 Å². The average Bonchev–Trinajstić information content (AvgIpc) is 3.11. The third-order valence-corrected chi connectivity index (χ3v) is 5.23. The Bertz CT molecular complexity index is 699. The molecule has 21 heavy (non-hydrogen) atoms. The van der Waals surface area contributed by atoms with Gasteiger partial charge in [0, 0.05) is 16.0 Å². The number of aromatic nitrogens is 1. The van der Waals surface area contributed by atoms with E-state index >= 15 is 0 Å². The number of aromatic carboxylic acids is 1. The topological polar surface area (TPSA) is 79.3 Å². The SMILES string of the molecule is O=C(O)c1csc(CNC(=O)[C@H]2CSc3ccccc32)n1. The van der Waals surface area contributed by atoms with Gasteiger partial charge in [-0.05, 0) is 11.6 Å². The van der Waals surface area contributed by atoms with Crippen LogP contribution in [0.1, 0.15) is 27.0 Å². The summed E-state index contributed by atoms with van der Waals surface area (Å²) < 4.78 is 0. The van der Waals surface area contributed by atoms with Crippen LogP contribution >= 0.6 is 23.1 Å². The number of thioether (sulfide) groups is 1. The minimum atomic E-state index is -1.05. The van der Waals surface area contributed by atoms with Gasteiger partial charge in [-0.2, -0.15) is 0 Å². The third-order valence-electron chi connectivity index (χ3n) is 3.20. The molecule has 0 saturated heterocycles. The first-order valence-electron chi connectivity index (χ1n) is 6.32. The zero-order valence-corrected chi connectivity index (χ0v) is 12.5. The van der Waals surface area contributed by atoms with Gasteiger partial charge in [0.1, 0.15) is 5.01 Å². The van der Waals surface area contributed by atoms with Gasteiger partial charge in [-0.1, -0.05) is 18.2 Å². The van der Waals surface area contributed by atoms with E-state index in [0.29, 0.717) is 5.01 Å². The fraction of sp³-hybridized carbons (Fsp3) is 0.214. The van der Waals surface area contributed by atoms with Crippen molar-refractivity contribution in [2.75, 3.05) is 5.75 Å². The summed E-state index contributed by atoms with van der Waals surface area (Å²) in [7, 11) is 0. The quantitative estimate of drug-likeness (QED) is 0.904. The maximum absolute atomic E-state index is 12.3. The van der Waals surface area contributed by atoms with Gasteiger partial charge in [0.15, 0.2) is 5.69 Å². The lowest BCUT2D eigenvalue weighted by molar-refractivity contribution is -0.122. The Morgan fingerprint density at radius 3 is 2.95 bits per heavy atom. The van der Waals surface area contributed by atoms with Crippen LogP contribution in [-0.2, 0) is 11.3 Å². The molecule has 0 fully saturated rings. The first-order chi connectivity index (χ1) is 10.1. The largest absolute Gasteiger partial charge is 0.476 e. The Hall–Kier alpha value is -1.86. The number of carboxylic acids is 1. The number of thiazole rings is 1. The first-order valence-corrected chi connectivity index (χ1v) is 8.19. The van der Waals surface area contributed by atoms with E-state index in [1.807, 2.05) is 24.3 Å². The van der Waals surface area contributed by atoms with Crippen LogP contribution in [0, 0.1) is 0 Å². The van der Waals surface area contributed by atoms with Crippen molar-refractivity contribution in [3.63, 3.8) is 0 Å². The summed E-state index contributed by atoms with van der Waals surface area (Å²) >= 11 is 2.92. The van der Waals surface area contributed by atoms with Gasteiger partial charge in [-0.25, -0.2) is 9.78 Å². The summed E-state index contributed by atoms with van der Waals surface area (Å²) in [4.78, 5) is 28.1. The molecule has 1 aliphatic rings. The fourth-order valence-electron chi connectivity index (χ4n) is 2.16. The second kappa shape index (κ2) is 5.87. The number of nitrogens with zero attached hydrogens (tertiary/aromatic N) is 1. The number of nitrogens with one attached hydrogen (secondary N) is 1. The van der Waals surface area contributed by atoms with Gasteiger partial charge < -0.3 is 10.4 Å². The van der Waals surface area contributed by atoms with Crippen molar-refractivity contribution in [1.82, 2.24) is 10.3 Å². The molecule has 0 radical (unpaired) electrons. The molecule has 7 heteroatoms. The van der Waals surface area contributed by atoms with Gasteiger partial charge >= 0.3 is 5.97 Å². The molecule has 2 N–H and O–H groups in total. The Morgan fingerprint density at radius 1 is 1.38 bits per heavy atom. The average molecular weight is 320 g/mol. The summed E-state index contributed by atoms with van der Waals surface area (Å²) in [6.45, 7) is 0.264. The van der Waals surface area contributed by atoms with Gasteiger partial charge in [0.25, 0.3) is 0 Å². The van der Waals surface area contributed by atoms with Crippen LogP contribution in [0.2, 0.25) is 0 Å². The predicted octanol–water partition coefficient (Wildman–Crippen LogP) is 2.35. The van der Waals surface area contributed by atoms with Crippen LogP contribution in [0.5, 0.6) is 0 Å². The highest BCUT2D eigenvalue weighted by Crippen LogP contribution is 2.39. The van der Waals surface area contributed by atoms with E-state index in [1.165, 1.54) is 16.7 Å². The molecular weight excluding hydrogens is 308 g/mol. The van der Waals surface area contributed by atoms with E-state index in [2.05, 4.69) is 10.3 Å². The van der Waals surface area contributed by atoms with Crippen molar-refractivity contribution in [1.29, 1.82) is 0 Å². The Labute approximate surface area is 129 Å². The van der Waals surface area contributed by atoms with Crippen molar-refractivity contribution in [2.45, 2.75) is 17.4 Å². The van der Waals surface area contributed by atoms with Crippen molar-refractivity contribution in [3.05, 3.63) is 45.9 Å². The number of fused-ring (bicyclic) bond motifs is 1. The molecule has 0 aliphatic carbocycles. The second-order valence-corrected chi connectivity index (χ2v) is 6.56. The number of benzene rings is 1. The molecule has 3 rings (SSSR count). The highest BCUT2D eigenvalue weighted by atomic mass is 32.2. The minimum absolute atomic E-state index is 0.0195. The van der Waals surface area contributed by atoms with Gasteiger partial charge in [0.2, 0.25) is 5.91 Å². The van der Waals surface area contributed by atoms with E-state index in [0.717, 1.165) is 16.2 Å². The zero-order valence-electron chi connectivity index (χ0n) is 10.9. The Balaban J connectivity index is 1.63. The van der Waals surface area contributed by atoms with Crippen LogP contribution in [0.3, 0.4) is 0 Å². The molecule has 5 nitrogen and oxygen atoms in total. The number of carboxylic acid groups (broad SMARTS) is 1. The maximum Gasteiger partial charge on any atom is 0.355 e. The smallest absolute Gasteiger partial charge is 0.355 e. The molecule has 0 bridgehead atoms. The number of carbonyl (C=O) groups is 2. The van der Waals surface area contributed by atoms with E-state index in [1.54, 1.807) is 11.8 Å². The summed E-state index contributed by atoms with van der Waals surface area (Å²) in [6, 6.07) is 7.90. The number of rotatable bonds is 4. The first kappa shape index (κ1) is 14.1. The Kier molecular flexibility index (Phi) is 3.94. The highest BCUT2D eigenvalue weighted by Gasteiger charge is 2.28. The van der Waals surface area contributed by atoms with Crippen molar-refractivity contribution in [3.8, 4) is 0 Å².